The fraction of sp³-hybridized carbons (Fsp3) is 0.200. The molecule has 2 aromatic carbocycles. The summed E-state index contributed by atoms with van der Waals surface area (Å²) in [6.45, 7) is 2.26. The molecule has 0 spiro atoms. The molecule has 0 N–H and O–H groups in total. The Labute approximate surface area is 125 Å². The number of hydrogen-bond donors (Lipinski definition) is 0. The number of fused-ring (bicyclic) bond motifs is 2. The molecule has 1 atom stereocenters. The Morgan fingerprint density at radius 2 is 1.89 bits per heavy atom. The van der Waals surface area contributed by atoms with E-state index in [0.717, 1.165) is 10.8 Å². The van der Waals surface area contributed by atoms with Crippen LogP contribution in [-0.4, -0.2) is 0 Å². The lowest BCUT2D eigenvalue weighted by Crippen LogP contribution is -1.99. The highest BCUT2D eigenvalue weighted by Gasteiger charge is 2.23. The summed E-state index contributed by atoms with van der Waals surface area (Å²) in [6, 6.07) is 12.7. The SMILES string of the molecule is CC1c2cccc(Cl)c2CSc2c(Br)cccc21. The molecule has 0 saturated carbocycles. The van der Waals surface area contributed by atoms with E-state index in [1.165, 1.54) is 26.1 Å². The van der Waals surface area contributed by atoms with Crippen molar-refractivity contribution >= 4 is 39.3 Å². The zero-order valence-corrected chi connectivity index (χ0v) is 13.1. The number of benzene rings is 2. The van der Waals surface area contributed by atoms with Gasteiger partial charge in [-0.3, -0.25) is 0 Å². The van der Waals surface area contributed by atoms with Crippen LogP contribution in [0.15, 0.2) is 45.8 Å². The number of halogens is 2. The van der Waals surface area contributed by atoms with Gasteiger partial charge in [-0.2, -0.15) is 0 Å². The third-order valence-electron chi connectivity index (χ3n) is 3.45. The van der Waals surface area contributed by atoms with Gasteiger partial charge in [0.05, 0.1) is 0 Å². The lowest BCUT2D eigenvalue weighted by Gasteiger charge is -2.15. The van der Waals surface area contributed by atoms with Crippen LogP contribution in [0.3, 0.4) is 0 Å². The summed E-state index contributed by atoms with van der Waals surface area (Å²) in [7, 11) is 0. The van der Waals surface area contributed by atoms with E-state index in [9.17, 15) is 0 Å². The third kappa shape index (κ3) is 2.01. The minimum Gasteiger partial charge on any atom is -0.120 e. The summed E-state index contributed by atoms with van der Waals surface area (Å²) in [5.41, 5.74) is 4.02. The Hall–Kier alpha value is -0.440. The highest BCUT2D eigenvalue weighted by atomic mass is 79.9. The van der Waals surface area contributed by atoms with Crippen LogP contribution in [0.2, 0.25) is 5.02 Å². The minimum atomic E-state index is 0.390. The molecule has 0 saturated heterocycles. The van der Waals surface area contributed by atoms with Gasteiger partial charge < -0.3 is 0 Å². The quantitative estimate of drug-likeness (QED) is 0.579. The van der Waals surface area contributed by atoms with Gasteiger partial charge in [0.25, 0.3) is 0 Å². The molecule has 0 aliphatic carbocycles. The van der Waals surface area contributed by atoms with E-state index in [1.54, 1.807) is 0 Å². The van der Waals surface area contributed by atoms with Crippen molar-refractivity contribution in [3.63, 3.8) is 0 Å². The predicted molar refractivity (Wildman–Crippen MR) is 82.7 cm³/mol. The van der Waals surface area contributed by atoms with Crippen LogP contribution in [0.4, 0.5) is 0 Å². The Balaban J connectivity index is 2.22. The smallest absolute Gasteiger partial charge is 0.0449 e. The van der Waals surface area contributed by atoms with Crippen molar-refractivity contribution in [2.45, 2.75) is 23.5 Å². The van der Waals surface area contributed by atoms with Crippen molar-refractivity contribution in [1.82, 2.24) is 0 Å². The molecule has 0 amide bonds. The second-order valence-electron chi connectivity index (χ2n) is 4.48. The third-order valence-corrected chi connectivity index (χ3v) is 5.90. The van der Waals surface area contributed by atoms with Crippen molar-refractivity contribution in [1.29, 1.82) is 0 Å². The van der Waals surface area contributed by atoms with Gasteiger partial charge in [0, 0.05) is 26.1 Å². The van der Waals surface area contributed by atoms with Crippen LogP contribution in [0.25, 0.3) is 0 Å². The predicted octanol–water partition coefficient (Wildman–Crippen LogP) is 5.86. The Morgan fingerprint density at radius 3 is 2.72 bits per heavy atom. The van der Waals surface area contributed by atoms with Crippen LogP contribution in [0, 0.1) is 0 Å². The highest BCUT2D eigenvalue weighted by molar-refractivity contribution is 9.10. The molecule has 0 fully saturated rings. The summed E-state index contributed by atoms with van der Waals surface area (Å²) in [6.07, 6.45) is 0. The second-order valence-corrected chi connectivity index (χ2v) is 6.72. The van der Waals surface area contributed by atoms with E-state index in [0.29, 0.717) is 5.92 Å². The monoisotopic (exact) mass is 338 g/mol. The maximum absolute atomic E-state index is 6.34. The first-order valence-corrected chi connectivity index (χ1v) is 8.02. The summed E-state index contributed by atoms with van der Waals surface area (Å²) >= 11 is 11.9. The number of rotatable bonds is 0. The standard InChI is InChI=1S/C15H12BrClS/c1-9-10-4-3-7-14(17)12(10)8-18-15-11(9)5-2-6-13(15)16/h2-7,9H,8H2,1H3. The van der Waals surface area contributed by atoms with Gasteiger partial charge in [-0.25, -0.2) is 0 Å². The first kappa shape index (κ1) is 12.6. The van der Waals surface area contributed by atoms with Crippen LogP contribution in [0.1, 0.15) is 29.5 Å². The van der Waals surface area contributed by atoms with E-state index >= 15 is 0 Å². The molecule has 2 aromatic rings. The van der Waals surface area contributed by atoms with Gasteiger partial charge in [0.2, 0.25) is 0 Å². The Bertz CT molecular complexity index is 556. The van der Waals surface area contributed by atoms with Crippen LogP contribution >= 0.6 is 39.3 Å². The molecular formula is C15H12BrClS. The molecule has 1 unspecified atom stereocenters. The highest BCUT2D eigenvalue weighted by Crippen LogP contribution is 2.44. The minimum absolute atomic E-state index is 0.390. The van der Waals surface area contributed by atoms with Crippen LogP contribution in [0.5, 0.6) is 0 Å². The zero-order valence-electron chi connectivity index (χ0n) is 9.91. The molecule has 18 heavy (non-hydrogen) atoms. The molecule has 1 aliphatic rings. The topological polar surface area (TPSA) is 0 Å². The van der Waals surface area contributed by atoms with Gasteiger partial charge in [-0.15, -0.1) is 11.8 Å². The Morgan fingerprint density at radius 1 is 1.17 bits per heavy atom. The van der Waals surface area contributed by atoms with Crippen molar-refractivity contribution < 1.29 is 0 Å². The average molecular weight is 340 g/mol. The summed E-state index contributed by atoms with van der Waals surface area (Å²) < 4.78 is 1.18. The van der Waals surface area contributed by atoms with E-state index < -0.39 is 0 Å². The lowest BCUT2D eigenvalue weighted by molar-refractivity contribution is 0.887. The fourth-order valence-electron chi connectivity index (χ4n) is 2.46. The largest absolute Gasteiger partial charge is 0.120 e. The van der Waals surface area contributed by atoms with E-state index in [2.05, 4.69) is 47.1 Å². The molecule has 92 valence electrons. The van der Waals surface area contributed by atoms with Crippen LogP contribution in [-0.2, 0) is 5.75 Å². The molecule has 0 nitrogen and oxygen atoms in total. The number of thioether (sulfide) groups is 1. The molecule has 1 heterocycles. The van der Waals surface area contributed by atoms with E-state index in [-0.39, 0.29) is 0 Å². The molecule has 1 aliphatic heterocycles. The summed E-state index contributed by atoms with van der Waals surface area (Å²) in [4.78, 5) is 1.34. The molecule has 0 radical (unpaired) electrons. The van der Waals surface area contributed by atoms with Crippen molar-refractivity contribution in [2.75, 3.05) is 0 Å². The fourth-order valence-corrected chi connectivity index (χ4v) is 4.75. The van der Waals surface area contributed by atoms with Crippen molar-refractivity contribution in [3.05, 3.63) is 62.6 Å². The molecule has 0 bridgehead atoms. The first-order valence-electron chi connectivity index (χ1n) is 5.87. The summed E-state index contributed by atoms with van der Waals surface area (Å²) in [5, 5.41) is 0.885. The van der Waals surface area contributed by atoms with Crippen molar-refractivity contribution in [2.24, 2.45) is 0 Å². The van der Waals surface area contributed by atoms with Gasteiger partial charge >= 0.3 is 0 Å². The van der Waals surface area contributed by atoms with E-state index in [1.807, 2.05) is 23.9 Å². The average Bonchev–Trinajstić information content (AvgIpc) is 2.51. The van der Waals surface area contributed by atoms with E-state index in [4.69, 9.17) is 11.6 Å². The lowest BCUT2D eigenvalue weighted by atomic mass is 9.90. The zero-order chi connectivity index (χ0) is 12.7. The van der Waals surface area contributed by atoms with Gasteiger partial charge in [0.1, 0.15) is 0 Å². The van der Waals surface area contributed by atoms with Crippen LogP contribution < -0.4 is 0 Å². The van der Waals surface area contributed by atoms with Gasteiger partial charge in [-0.05, 0) is 44.8 Å². The molecular weight excluding hydrogens is 328 g/mol. The maximum Gasteiger partial charge on any atom is 0.0449 e. The number of hydrogen-bond acceptors (Lipinski definition) is 1. The maximum atomic E-state index is 6.34. The molecule has 3 heteroatoms. The van der Waals surface area contributed by atoms with Gasteiger partial charge in [0.15, 0.2) is 0 Å². The van der Waals surface area contributed by atoms with Crippen molar-refractivity contribution in [3.8, 4) is 0 Å². The normalized spacial score (nSPS) is 17.8. The van der Waals surface area contributed by atoms with Gasteiger partial charge in [-0.1, -0.05) is 42.8 Å². The molecule has 0 aromatic heterocycles. The Kier molecular flexibility index (Phi) is 3.44. The second kappa shape index (κ2) is 4.92. The molecule has 3 rings (SSSR count). The first-order chi connectivity index (χ1) is 8.68. The summed E-state index contributed by atoms with van der Waals surface area (Å²) in [5.74, 6) is 1.33.